The molecule has 0 saturated heterocycles. The molecule has 2 nitrogen and oxygen atoms in total. The minimum absolute atomic E-state index is 0.0862. The highest BCUT2D eigenvalue weighted by Crippen LogP contribution is 2.34. The van der Waals surface area contributed by atoms with Crippen LogP contribution in [0.15, 0.2) is 18.2 Å². The number of rotatable bonds is 2. The van der Waals surface area contributed by atoms with Gasteiger partial charge in [0.05, 0.1) is 6.61 Å². The SMILES string of the molecule is CC(C)C(N)c1cccc2c1OCC2. The Kier molecular flexibility index (Phi) is 2.46. The molecule has 1 aromatic rings. The molecule has 2 rings (SSSR count). The average Bonchev–Trinajstić information content (AvgIpc) is 2.63. The maximum Gasteiger partial charge on any atom is 0.127 e. The van der Waals surface area contributed by atoms with Gasteiger partial charge in [-0.15, -0.1) is 0 Å². The van der Waals surface area contributed by atoms with E-state index in [0.717, 1.165) is 24.3 Å². The summed E-state index contributed by atoms with van der Waals surface area (Å²) >= 11 is 0. The standard InChI is InChI=1S/C12H17NO/c1-8(2)11(13)10-5-3-4-9-6-7-14-12(9)10/h3-5,8,11H,6-7,13H2,1-2H3. The Morgan fingerprint density at radius 1 is 1.36 bits per heavy atom. The molecule has 0 fully saturated rings. The zero-order valence-corrected chi connectivity index (χ0v) is 8.79. The zero-order chi connectivity index (χ0) is 10.1. The summed E-state index contributed by atoms with van der Waals surface area (Å²) in [5, 5.41) is 0. The van der Waals surface area contributed by atoms with E-state index in [1.807, 2.05) is 0 Å². The van der Waals surface area contributed by atoms with Gasteiger partial charge in [0.15, 0.2) is 0 Å². The molecule has 1 unspecified atom stereocenters. The molecule has 1 aromatic carbocycles. The van der Waals surface area contributed by atoms with Crippen LogP contribution in [-0.2, 0) is 6.42 Å². The second-order valence-electron chi connectivity index (χ2n) is 4.20. The van der Waals surface area contributed by atoms with Gasteiger partial charge in [-0.2, -0.15) is 0 Å². The first-order valence-corrected chi connectivity index (χ1v) is 5.20. The first-order chi connectivity index (χ1) is 6.70. The van der Waals surface area contributed by atoms with E-state index >= 15 is 0 Å². The van der Waals surface area contributed by atoms with E-state index in [2.05, 4.69) is 32.0 Å². The lowest BCUT2D eigenvalue weighted by Crippen LogP contribution is -2.17. The molecule has 2 heteroatoms. The smallest absolute Gasteiger partial charge is 0.127 e. The van der Waals surface area contributed by atoms with Gasteiger partial charge in [0.1, 0.15) is 5.75 Å². The van der Waals surface area contributed by atoms with Crippen LogP contribution >= 0.6 is 0 Å². The Hall–Kier alpha value is -1.02. The quantitative estimate of drug-likeness (QED) is 0.778. The largest absolute Gasteiger partial charge is 0.493 e. The summed E-state index contributed by atoms with van der Waals surface area (Å²) in [6.45, 7) is 5.08. The van der Waals surface area contributed by atoms with E-state index in [1.165, 1.54) is 5.56 Å². The highest BCUT2D eigenvalue weighted by molar-refractivity contribution is 5.45. The lowest BCUT2D eigenvalue weighted by molar-refractivity contribution is 0.347. The van der Waals surface area contributed by atoms with Gasteiger partial charge in [0.25, 0.3) is 0 Å². The maximum atomic E-state index is 6.13. The van der Waals surface area contributed by atoms with Crippen molar-refractivity contribution < 1.29 is 4.74 Å². The molecule has 0 radical (unpaired) electrons. The van der Waals surface area contributed by atoms with E-state index in [0.29, 0.717) is 5.92 Å². The van der Waals surface area contributed by atoms with Crippen molar-refractivity contribution in [2.45, 2.75) is 26.3 Å². The van der Waals surface area contributed by atoms with Crippen LogP contribution in [0.25, 0.3) is 0 Å². The number of hydrogen-bond donors (Lipinski definition) is 1. The molecule has 0 aliphatic carbocycles. The third-order valence-corrected chi connectivity index (χ3v) is 2.82. The highest BCUT2D eigenvalue weighted by atomic mass is 16.5. The molecule has 76 valence electrons. The van der Waals surface area contributed by atoms with Crippen molar-refractivity contribution in [2.75, 3.05) is 6.61 Å². The molecule has 1 atom stereocenters. The Bertz CT molecular complexity index is 333. The normalized spacial score (nSPS) is 16.6. The first-order valence-electron chi connectivity index (χ1n) is 5.20. The van der Waals surface area contributed by atoms with Crippen molar-refractivity contribution in [3.63, 3.8) is 0 Å². The molecule has 1 aliphatic heterocycles. The van der Waals surface area contributed by atoms with Crippen LogP contribution in [0.3, 0.4) is 0 Å². The van der Waals surface area contributed by atoms with Gasteiger partial charge in [0.2, 0.25) is 0 Å². The summed E-state index contributed by atoms with van der Waals surface area (Å²) in [7, 11) is 0. The van der Waals surface area contributed by atoms with Crippen LogP contribution in [-0.4, -0.2) is 6.61 Å². The number of benzene rings is 1. The lowest BCUT2D eigenvalue weighted by Gasteiger charge is -2.18. The number of fused-ring (bicyclic) bond motifs is 1. The third kappa shape index (κ3) is 1.50. The Labute approximate surface area is 85.1 Å². The zero-order valence-electron chi connectivity index (χ0n) is 8.79. The van der Waals surface area contributed by atoms with E-state index in [1.54, 1.807) is 0 Å². The molecule has 0 bridgehead atoms. The molecule has 0 amide bonds. The van der Waals surface area contributed by atoms with Gasteiger partial charge in [-0.25, -0.2) is 0 Å². The summed E-state index contributed by atoms with van der Waals surface area (Å²) in [5.41, 5.74) is 8.60. The maximum absolute atomic E-state index is 6.13. The molecule has 2 N–H and O–H groups in total. The number of hydrogen-bond acceptors (Lipinski definition) is 2. The van der Waals surface area contributed by atoms with Gasteiger partial charge < -0.3 is 10.5 Å². The second kappa shape index (κ2) is 3.62. The summed E-state index contributed by atoms with van der Waals surface area (Å²) in [5.74, 6) is 1.49. The molecular weight excluding hydrogens is 174 g/mol. The van der Waals surface area contributed by atoms with Crippen LogP contribution in [0, 0.1) is 5.92 Å². The van der Waals surface area contributed by atoms with Crippen LogP contribution in [0.4, 0.5) is 0 Å². The van der Waals surface area contributed by atoms with Crippen LogP contribution in [0.5, 0.6) is 5.75 Å². The Morgan fingerprint density at radius 2 is 2.14 bits per heavy atom. The average molecular weight is 191 g/mol. The van der Waals surface area contributed by atoms with Gasteiger partial charge in [-0.3, -0.25) is 0 Å². The van der Waals surface area contributed by atoms with Gasteiger partial charge >= 0.3 is 0 Å². The van der Waals surface area contributed by atoms with E-state index in [-0.39, 0.29) is 6.04 Å². The summed E-state index contributed by atoms with van der Waals surface area (Å²) in [6, 6.07) is 6.36. The second-order valence-corrected chi connectivity index (χ2v) is 4.20. The fourth-order valence-corrected chi connectivity index (χ4v) is 1.86. The van der Waals surface area contributed by atoms with Gasteiger partial charge in [0, 0.05) is 18.0 Å². The lowest BCUT2D eigenvalue weighted by atomic mass is 9.94. The Morgan fingerprint density at radius 3 is 2.86 bits per heavy atom. The predicted octanol–water partition coefficient (Wildman–Crippen LogP) is 2.28. The summed E-state index contributed by atoms with van der Waals surface area (Å²) < 4.78 is 5.62. The number of ether oxygens (including phenoxy) is 1. The fraction of sp³-hybridized carbons (Fsp3) is 0.500. The molecule has 14 heavy (non-hydrogen) atoms. The Balaban J connectivity index is 2.39. The van der Waals surface area contributed by atoms with Crippen molar-refractivity contribution in [1.82, 2.24) is 0 Å². The monoisotopic (exact) mass is 191 g/mol. The van der Waals surface area contributed by atoms with E-state index < -0.39 is 0 Å². The van der Waals surface area contributed by atoms with Crippen molar-refractivity contribution >= 4 is 0 Å². The molecule has 0 saturated carbocycles. The molecule has 0 aromatic heterocycles. The van der Waals surface area contributed by atoms with Gasteiger partial charge in [-0.05, 0) is 11.5 Å². The van der Waals surface area contributed by atoms with Crippen molar-refractivity contribution in [1.29, 1.82) is 0 Å². The molecule has 0 spiro atoms. The minimum Gasteiger partial charge on any atom is -0.493 e. The predicted molar refractivity (Wildman–Crippen MR) is 57.4 cm³/mol. The third-order valence-electron chi connectivity index (χ3n) is 2.82. The van der Waals surface area contributed by atoms with Crippen LogP contribution in [0.1, 0.15) is 31.0 Å². The van der Waals surface area contributed by atoms with E-state index in [4.69, 9.17) is 10.5 Å². The van der Waals surface area contributed by atoms with E-state index in [9.17, 15) is 0 Å². The molecule has 1 heterocycles. The first kappa shape index (κ1) is 9.53. The number of para-hydroxylation sites is 1. The van der Waals surface area contributed by atoms with Crippen LogP contribution in [0.2, 0.25) is 0 Å². The molecule has 1 aliphatic rings. The van der Waals surface area contributed by atoms with Crippen molar-refractivity contribution in [3.8, 4) is 5.75 Å². The number of nitrogens with two attached hydrogens (primary N) is 1. The molecular formula is C12H17NO. The summed E-state index contributed by atoms with van der Waals surface area (Å²) in [6.07, 6.45) is 1.02. The van der Waals surface area contributed by atoms with Crippen LogP contribution < -0.4 is 10.5 Å². The van der Waals surface area contributed by atoms with Crippen molar-refractivity contribution in [3.05, 3.63) is 29.3 Å². The van der Waals surface area contributed by atoms with Crippen molar-refractivity contribution in [2.24, 2.45) is 11.7 Å². The topological polar surface area (TPSA) is 35.2 Å². The minimum atomic E-state index is 0.0862. The fourth-order valence-electron chi connectivity index (χ4n) is 1.86. The van der Waals surface area contributed by atoms with Gasteiger partial charge in [-0.1, -0.05) is 32.0 Å². The summed E-state index contributed by atoms with van der Waals surface area (Å²) in [4.78, 5) is 0. The highest BCUT2D eigenvalue weighted by Gasteiger charge is 2.21.